The Balaban J connectivity index is 1.76. The zero-order valence-corrected chi connectivity index (χ0v) is 15.9. The molecule has 0 aliphatic carbocycles. The summed E-state index contributed by atoms with van der Waals surface area (Å²) in [5, 5.41) is 6.34. The molecule has 0 fully saturated rings. The van der Waals surface area contributed by atoms with Crippen molar-refractivity contribution in [3.8, 4) is 11.6 Å². The van der Waals surface area contributed by atoms with Gasteiger partial charge in [-0.05, 0) is 42.0 Å². The molecule has 0 aliphatic heterocycles. The standard InChI is InChI=1S/C23H14ClN3O2/c24-17-10-11-20-16(12-17)13-21(29-20)22-26-19-9-5-4-8-18(19)23(28)27(22)25-14-15-6-2-1-3-7-15/h1-14H. The van der Waals surface area contributed by atoms with Crippen molar-refractivity contribution in [1.29, 1.82) is 0 Å². The van der Waals surface area contributed by atoms with Crippen LogP contribution in [0.2, 0.25) is 5.02 Å². The fraction of sp³-hybridized carbons (Fsp3) is 0. The van der Waals surface area contributed by atoms with E-state index in [9.17, 15) is 4.79 Å². The average Bonchev–Trinajstić information content (AvgIpc) is 3.17. The van der Waals surface area contributed by atoms with Gasteiger partial charge in [-0.15, -0.1) is 0 Å². The van der Waals surface area contributed by atoms with Gasteiger partial charge < -0.3 is 4.42 Å². The summed E-state index contributed by atoms with van der Waals surface area (Å²) in [5.41, 5.74) is 1.84. The molecular weight excluding hydrogens is 386 g/mol. The Kier molecular flexibility index (Phi) is 4.22. The highest BCUT2D eigenvalue weighted by Gasteiger charge is 2.16. The molecule has 0 bridgehead atoms. The molecule has 29 heavy (non-hydrogen) atoms. The van der Waals surface area contributed by atoms with Crippen molar-refractivity contribution in [3.05, 3.63) is 99.8 Å². The van der Waals surface area contributed by atoms with Crippen LogP contribution < -0.4 is 5.56 Å². The fourth-order valence-corrected chi connectivity index (χ4v) is 3.36. The zero-order valence-electron chi connectivity index (χ0n) is 15.1. The highest BCUT2D eigenvalue weighted by atomic mass is 35.5. The second-order valence-electron chi connectivity index (χ2n) is 6.52. The van der Waals surface area contributed by atoms with E-state index in [1.165, 1.54) is 4.68 Å². The number of fused-ring (bicyclic) bond motifs is 2. The van der Waals surface area contributed by atoms with Crippen LogP contribution in [0.4, 0.5) is 0 Å². The van der Waals surface area contributed by atoms with E-state index in [4.69, 9.17) is 16.0 Å². The Morgan fingerprint density at radius 3 is 2.62 bits per heavy atom. The smallest absolute Gasteiger partial charge is 0.282 e. The topological polar surface area (TPSA) is 60.4 Å². The predicted octanol–water partition coefficient (Wildman–Crippen LogP) is 5.35. The van der Waals surface area contributed by atoms with E-state index < -0.39 is 0 Å². The fourth-order valence-electron chi connectivity index (χ4n) is 3.18. The van der Waals surface area contributed by atoms with Gasteiger partial charge in [0, 0.05) is 10.4 Å². The number of hydrogen-bond donors (Lipinski definition) is 0. The molecular formula is C23H14ClN3O2. The minimum absolute atomic E-state index is 0.267. The summed E-state index contributed by atoms with van der Waals surface area (Å²) in [7, 11) is 0. The van der Waals surface area contributed by atoms with Crippen LogP contribution in [0.25, 0.3) is 33.5 Å². The molecule has 0 aliphatic rings. The zero-order chi connectivity index (χ0) is 19.8. The molecule has 0 radical (unpaired) electrons. The second-order valence-corrected chi connectivity index (χ2v) is 6.95. The van der Waals surface area contributed by atoms with Gasteiger partial charge in [-0.2, -0.15) is 9.78 Å². The van der Waals surface area contributed by atoms with Crippen LogP contribution in [-0.2, 0) is 0 Å². The van der Waals surface area contributed by atoms with Crippen molar-refractivity contribution < 1.29 is 4.42 Å². The molecule has 3 aromatic carbocycles. The SMILES string of the molecule is O=c1c2ccccc2nc(-c2cc3cc(Cl)ccc3o2)n1N=Cc1ccccc1. The molecule has 0 N–H and O–H groups in total. The first kappa shape index (κ1) is 17.4. The van der Waals surface area contributed by atoms with E-state index in [-0.39, 0.29) is 5.56 Å². The average molecular weight is 400 g/mol. The maximum Gasteiger partial charge on any atom is 0.282 e. The molecule has 0 unspecified atom stereocenters. The van der Waals surface area contributed by atoms with E-state index >= 15 is 0 Å². The van der Waals surface area contributed by atoms with E-state index in [0.717, 1.165) is 10.9 Å². The summed E-state index contributed by atoms with van der Waals surface area (Å²) in [6, 6.07) is 23.9. The van der Waals surface area contributed by atoms with Crippen LogP contribution in [0.3, 0.4) is 0 Å². The first-order valence-corrected chi connectivity index (χ1v) is 9.37. The maximum atomic E-state index is 13.2. The summed E-state index contributed by atoms with van der Waals surface area (Å²) in [4.78, 5) is 17.8. The van der Waals surface area contributed by atoms with Gasteiger partial charge in [0.15, 0.2) is 5.76 Å². The number of benzene rings is 3. The molecule has 5 aromatic rings. The molecule has 140 valence electrons. The highest BCUT2D eigenvalue weighted by Crippen LogP contribution is 2.29. The van der Waals surface area contributed by atoms with E-state index in [1.54, 1.807) is 42.6 Å². The lowest BCUT2D eigenvalue weighted by molar-refractivity contribution is 0.616. The summed E-state index contributed by atoms with van der Waals surface area (Å²) >= 11 is 6.09. The third kappa shape index (κ3) is 3.22. The minimum Gasteiger partial charge on any atom is -0.453 e. The molecule has 2 heterocycles. The number of halogens is 1. The number of hydrogen-bond acceptors (Lipinski definition) is 4. The minimum atomic E-state index is -0.267. The van der Waals surface area contributed by atoms with E-state index in [1.807, 2.05) is 42.5 Å². The monoisotopic (exact) mass is 399 g/mol. The largest absolute Gasteiger partial charge is 0.453 e. The third-order valence-corrected chi connectivity index (χ3v) is 4.81. The Morgan fingerprint density at radius 1 is 0.966 bits per heavy atom. The number of nitrogens with zero attached hydrogens (tertiary/aromatic N) is 3. The number of para-hydroxylation sites is 1. The molecule has 0 saturated carbocycles. The summed E-state index contributed by atoms with van der Waals surface area (Å²) in [5.74, 6) is 0.767. The van der Waals surface area contributed by atoms with E-state index in [0.29, 0.717) is 33.1 Å². The van der Waals surface area contributed by atoms with Crippen LogP contribution >= 0.6 is 11.6 Å². The van der Waals surface area contributed by atoms with E-state index in [2.05, 4.69) is 10.1 Å². The second kappa shape index (κ2) is 7.04. The van der Waals surface area contributed by atoms with Crippen LogP contribution in [0.1, 0.15) is 5.56 Å². The third-order valence-electron chi connectivity index (χ3n) is 4.57. The number of aromatic nitrogens is 2. The van der Waals surface area contributed by atoms with Gasteiger partial charge in [-0.25, -0.2) is 4.98 Å². The molecule has 5 rings (SSSR count). The number of furan rings is 1. The van der Waals surface area contributed by atoms with Crippen molar-refractivity contribution in [2.75, 3.05) is 0 Å². The van der Waals surface area contributed by atoms with Crippen LogP contribution in [0.5, 0.6) is 0 Å². The van der Waals surface area contributed by atoms with Crippen LogP contribution in [0.15, 0.2) is 93.2 Å². The lowest BCUT2D eigenvalue weighted by Crippen LogP contribution is -2.20. The van der Waals surface area contributed by atoms with Gasteiger partial charge in [0.1, 0.15) is 5.58 Å². The Bertz CT molecular complexity index is 1440. The normalized spacial score (nSPS) is 11.6. The lowest BCUT2D eigenvalue weighted by Gasteiger charge is -2.07. The van der Waals surface area contributed by atoms with Gasteiger partial charge in [-0.3, -0.25) is 4.79 Å². The summed E-state index contributed by atoms with van der Waals surface area (Å²) in [6.07, 6.45) is 1.63. The molecule has 0 spiro atoms. The first-order chi connectivity index (χ1) is 14.2. The molecule has 2 aromatic heterocycles. The summed E-state index contributed by atoms with van der Waals surface area (Å²) < 4.78 is 7.22. The van der Waals surface area contributed by atoms with Gasteiger partial charge in [0.05, 0.1) is 17.1 Å². The van der Waals surface area contributed by atoms with Crippen LogP contribution in [-0.4, -0.2) is 15.9 Å². The molecule has 0 amide bonds. The Hall–Kier alpha value is -3.70. The first-order valence-electron chi connectivity index (χ1n) is 9.00. The molecule has 5 nitrogen and oxygen atoms in total. The maximum absolute atomic E-state index is 13.2. The Labute approximate surface area is 170 Å². The predicted molar refractivity (Wildman–Crippen MR) is 116 cm³/mol. The quantitative estimate of drug-likeness (QED) is 0.384. The van der Waals surface area contributed by atoms with Crippen LogP contribution in [0, 0.1) is 0 Å². The molecule has 0 atom stereocenters. The van der Waals surface area contributed by atoms with Crippen molar-refractivity contribution >= 4 is 39.7 Å². The van der Waals surface area contributed by atoms with Crippen molar-refractivity contribution in [1.82, 2.24) is 9.66 Å². The van der Waals surface area contributed by atoms with Crippen molar-refractivity contribution in [2.24, 2.45) is 5.10 Å². The Morgan fingerprint density at radius 2 is 1.76 bits per heavy atom. The summed E-state index contributed by atoms with van der Waals surface area (Å²) in [6.45, 7) is 0. The lowest BCUT2D eigenvalue weighted by atomic mass is 10.2. The van der Waals surface area contributed by atoms with Gasteiger partial charge >= 0.3 is 0 Å². The van der Waals surface area contributed by atoms with Gasteiger partial charge in [-0.1, -0.05) is 54.1 Å². The van der Waals surface area contributed by atoms with Crippen molar-refractivity contribution in [2.45, 2.75) is 0 Å². The highest BCUT2D eigenvalue weighted by molar-refractivity contribution is 6.31. The van der Waals surface area contributed by atoms with Crippen molar-refractivity contribution in [3.63, 3.8) is 0 Å². The number of rotatable bonds is 3. The molecule has 0 saturated heterocycles. The van der Waals surface area contributed by atoms with Gasteiger partial charge in [0.25, 0.3) is 5.56 Å². The molecule has 6 heteroatoms. The van der Waals surface area contributed by atoms with Gasteiger partial charge in [0.2, 0.25) is 5.82 Å².